The highest BCUT2D eigenvalue weighted by Crippen LogP contribution is 2.44. The zero-order chi connectivity index (χ0) is 21.4. The first-order chi connectivity index (χ1) is 12.7. The predicted molar refractivity (Wildman–Crippen MR) is 95.8 cm³/mol. The van der Waals surface area contributed by atoms with E-state index in [1.165, 1.54) is 19.9 Å². The molecule has 2 rings (SSSR count). The van der Waals surface area contributed by atoms with Gasteiger partial charge in [0.25, 0.3) is 0 Å². The highest BCUT2D eigenvalue weighted by molar-refractivity contribution is 6.10. The Balaban J connectivity index is 2.27. The van der Waals surface area contributed by atoms with E-state index >= 15 is 0 Å². The summed E-state index contributed by atoms with van der Waals surface area (Å²) in [6, 6.07) is 1.84. The van der Waals surface area contributed by atoms with Crippen molar-refractivity contribution in [2.24, 2.45) is 5.92 Å². The van der Waals surface area contributed by atoms with Crippen LogP contribution in [-0.2, 0) is 26.0 Å². The average Bonchev–Trinajstić information content (AvgIpc) is 2.73. The fourth-order valence-corrected chi connectivity index (χ4v) is 3.24. The highest BCUT2D eigenvalue weighted by Gasteiger charge is 2.46. The van der Waals surface area contributed by atoms with E-state index in [1.807, 2.05) is 13.8 Å². The van der Waals surface area contributed by atoms with Gasteiger partial charge in [-0.25, -0.2) is 4.79 Å². The molecule has 0 bridgehead atoms. The van der Waals surface area contributed by atoms with Gasteiger partial charge in [-0.1, -0.05) is 13.8 Å². The second-order valence-corrected chi connectivity index (χ2v) is 7.83. The van der Waals surface area contributed by atoms with Gasteiger partial charge in [-0.15, -0.1) is 0 Å². The molecule has 0 fully saturated rings. The van der Waals surface area contributed by atoms with E-state index in [9.17, 15) is 32.7 Å². The Labute approximate surface area is 160 Å². The van der Waals surface area contributed by atoms with Crippen LogP contribution in [0.25, 0.3) is 0 Å². The molecule has 154 valence electrons. The molecule has 28 heavy (non-hydrogen) atoms. The molecular weight excluding hydrogens is 377 g/mol. The Bertz CT molecular complexity index is 803. The number of hydrogen-bond acceptors (Lipinski definition) is 3. The third kappa shape index (κ3) is 4.28. The minimum atomic E-state index is -4.55. The minimum absolute atomic E-state index is 0.0234. The molecule has 1 aromatic rings. The van der Waals surface area contributed by atoms with Crippen LogP contribution in [0.1, 0.15) is 45.2 Å². The summed E-state index contributed by atoms with van der Waals surface area (Å²) in [5.74, 6) is -2.38. The standard InChI is InChI=1S/C19H23F3N2O4/c1-10(2)7-13(16(26)27)23-15(25)9-24-14-6-5-11(19(20,21)22)8-12(14)18(3,4)17(24)28/h5-6,8,10,13H,7,9H2,1-4H3,(H,23,25)(H,26,27). The van der Waals surface area contributed by atoms with Crippen molar-refractivity contribution in [2.75, 3.05) is 11.4 Å². The number of nitrogens with zero attached hydrogens (tertiary/aromatic N) is 1. The van der Waals surface area contributed by atoms with Gasteiger partial charge in [-0.05, 0) is 49.9 Å². The van der Waals surface area contributed by atoms with Crippen molar-refractivity contribution >= 4 is 23.5 Å². The van der Waals surface area contributed by atoms with E-state index in [4.69, 9.17) is 0 Å². The largest absolute Gasteiger partial charge is 0.480 e. The minimum Gasteiger partial charge on any atom is -0.480 e. The Kier molecular flexibility index (Phi) is 5.77. The van der Waals surface area contributed by atoms with Crippen molar-refractivity contribution in [3.05, 3.63) is 29.3 Å². The number of carbonyl (C=O) groups excluding carboxylic acids is 2. The molecule has 1 aromatic carbocycles. The summed E-state index contributed by atoms with van der Waals surface area (Å²) >= 11 is 0. The van der Waals surface area contributed by atoms with Crippen molar-refractivity contribution in [3.63, 3.8) is 0 Å². The van der Waals surface area contributed by atoms with Gasteiger partial charge in [0.05, 0.1) is 11.0 Å². The summed E-state index contributed by atoms with van der Waals surface area (Å²) in [5.41, 5.74) is -1.71. The molecule has 1 atom stereocenters. The van der Waals surface area contributed by atoms with E-state index in [0.29, 0.717) is 0 Å². The van der Waals surface area contributed by atoms with E-state index in [0.717, 1.165) is 17.0 Å². The van der Waals surface area contributed by atoms with E-state index in [-0.39, 0.29) is 23.6 Å². The monoisotopic (exact) mass is 400 g/mol. The SMILES string of the molecule is CC(C)CC(NC(=O)CN1C(=O)C(C)(C)c2cc(C(F)(F)F)ccc21)C(=O)O. The zero-order valence-electron chi connectivity index (χ0n) is 16.1. The van der Waals surface area contributed by atoms with E-state index < -0.39 is 47.5 Å². The predicted octanol–water partition coefficient (Wildman–Crippen LogP) is 2.95. The van der Waals surface area contributed by atoms with Crippen molar-refractivity contribution < 1.29 is 32.7 Å². The van der Waals surface area contributed by atoms with Crippen LogP contribution in [0, 0.1) is 5.92 Å². The van der Waals surface area contributed by atoms with Crippen molar-refractivity contribution in [1.29, 1.82) is 0 Å². The molecule has 0 aromatic heterocycles. The van der Waals surface area contributed by atoms with Crippen LogP contribution in [0.2, 0.25) is 0 Å². The topological polar surface area (TPSA) is 86.7 Å². The highest BCUT2D eigenvalue weighted by atomic mass is 19.4. The summed E-state index contributed by atoms with van der Waals surface area (Å²) in [4.78, 5) is 37.5. The lowest BCUT2D eigenvalue weighted by atomic mass is 9.85. The van der Waals surface area contributed by atoms with Crippen molar-refractivity contribution in [3.8, 4) is 0 Å². The number of halogens is 3. The number of carboxylic acids is 1. The van der Waals surface area contributed by atoms with E-state index in [1.54, 1.807) is 0 Å². The second-order valence-electron chi connectivity index (χ2n) is 7.83. The number of carbonyl (C=O) groups is 3. The normalized spacial score (nSPS) is 16.9. The molecule has 0 aliphatic carbocycles. The van der Waals surface area contributed by atoms with Gasteiger partial charge in [0, 0.05) is 5.69 Å². The molecular formula is C19H23F3N2O4. The third-order valence-corrected chi connectivity index (χ3v) is 4.71. The number of hydrogen-bond donors (Lipinski definition) is 2. The fraction of sp³-hybridized carbons (Fsp3) is 0.526. The molecule has 0 saturated heterocycles. The summed E-state index contributed by atoms with van der Waals surface area (Å²) in [6.07, 6.45) is -4.34. The van der Waals surface area contributed by atoms with E-state index in [2.05, 4.69) is 5.32 Å². The molecule has 1 unspecified atom stereocenters. The summed E-state index contributed by atoms with van der Waals surface area (Å²) in [7, 11) is 0. The number of carboxylic acid groups (broad SMARTS) is 1. The molecule has 0 spiro atoms. The molecule has 1 aliphatic rings. The molecule has 6 nitrogen and oxygen atoms in total. The second kappa shape index (κ2) is 7.44. The Morgan fingerprint density at radius 3 is 2.36 bits per heavy atom. The van der Waals surface area contributed by atoms with Gasteiger partial charge in [0.1, 0.15) is 12.6 Å². The number of rotatable bonds is 6. The van der Waals surface area contributed by atoms with Crippen LogP contribution in [-0.4, -0.2) is 35.5 Å². The van der Waals surface area contributed by atoms with Crippen LogP contribution in [0.5, 0.6) is 0 Å². The third-order valence-electron chi connectivity index (χ3n) is 4.71. The average molecular weight is 400 g/mol. The Morgan fingerprint density at radius 2 is 1.86 bits per heavy atom. The molecule has 2 amide bonds. The van der Waals surface area contributed by atoms with Gasteiger partial charge in [0.15, 0.2) is 0 Å². The van der Waals surface area contributed by atoms with Crippen LogP contribution >= 0.6 is 0 Å². The first-order valence-electron chi connectivity index (χ1n) is 8.81. The molecule has 9 heteroatoms. The first-order valence-corrected chi connectivity index (χ1v) is 8.81. The Hall–Kier alpha value is -2.58. The lowest BCUT2D eigenvalue weighted by molar-refractivity contribution is -0.142. The maximum absolute atomic E-state index is 13.0. The maximum Gasteiger partial charge on any atom is 0.416 e. The maximum atomic E-state index is 13.0. The number of aliphatic carboxylic acids is 1. The number of nitrogens with one attached hydrogen (secondary N) is 1. The number of alkyl halides is 3. The van der Waals surface area contributed by atoms with Crippen LogP contribution < -0.4 is 10.2 Å². The van der Waals surface area contributed by atoms with Crippen molar-refractivity contribution in [2.45, 2.75) is 51.7 Å². The number of fused-ring (bicyclic) bond motifs is 1. The smallest absolute Gasteiger partial charge is 0.416 e. The van der Waals surface area contributed by atoms with Gasteiger partial charge in [-0.3, -0.25) is 9.59 Å². The van der Waals surface area contributed by atoms with Crippen LogP contribution in [0.4, 0.5) is 18.9 Å². The van der Waals surface area contributed by atoms with Gasteiger partial charge in [0.2, 0.25) is 11.8 Å². The van der Waals surface area contributed by atoms with Gasteiger partial charge < -0.3 is 15.3 Å². The summed E-state index contributed by atoms with van der Waals surface area (Å²) in [5, 5.41) is 11.6. The van der Waals surface area contributed by atoms with Crippen molar-refractivity contribution in [1.82, 2.24) is 5.32 Å². The number of anilines is 1. The molecule has 1 aliphatic heterocycles. The molecule has 0 saturated carbocycles. The fourth-order valence-electron chi connectivity index (χ4n) is 3.24. The molecule has 2 N–H and O–H groups in total. The summed E-state index contributed by atoms with van der Waals surface area (Å²) < 4.78 is 39.1. The molecule has 0 radical (unpaired) electrons. The zero-order valence-corrected chi connectivity index (χ0v) is 16.1. The van der Waals surface area contributed by atoms with Gasteiger partial charge in [-0.2, -0.15) is 13.2 Å². The van der Waals surface area contributed by atoms with Crippen LogP contribution in [0.15, 0.2) is 18.2 Å². The lowest BCUT2D eigenvalue weighted by Gasteiger charge is -2.22. The summed E-state index contributed by atoms with van der Waals surface area (Å²) in [6.45, 7) is 6.13. The van der Waals surface area contributed by atoms with Gasteiger partial charge >= 0.3 is 12.1 Å². The lowest BCUT2D eigenvalue weighted by Crippen LogP contribution is -2.48. The number of benzene rings is 1. The molecule has 1 heterocycles. The number of amides is 2. The van der Waals surface area contributed by atoms with Crippen LogP contribution in [0.3, 0.4) is 0 Å². The quantitative estimate of drug-likeness (QED) is 0.769. The Morgan fingerprint density at radius 1 is 1.25 bits per heavy atom. The first kappa shape index (κ1) is 21.7.